The molecule has 0 aliphatic heterocycles. The number of hydrogen-bond donors (Lipinski definition) is 3. The van der Waals surface area contributed by atoms with Crippen LogP contribution < -0.4 is 16.6 Å². The Hall–Kier alpha value is -1.28. The normalized spacial score (nSPS) is 17.1. The van der Waals surface area contributed by atoms with E-state index in [1.807, 2.05) is 0 Å². The number of nitrogens with two attached hydrogens (primary N) is 1. The van der Waals surface area contributed by atoms with Crippen molar-refractivity contribution in [1.82, 2.24) is 5.43 Å². The van der Waals surface area contributed by atoms with E-state index in [1.54, 1.807) is 0 Å². The molecule has 0 heterocycles. The molecular formula is C13H16BrF3N4. The highest BCUT2D eigenvalue weighted by atomic mass is 79.9. The number of nitrogens with zero attached hydrogens (tertiary/aromatic N) is 1. The van der Waals surface area contributed by atoms with E-state index in [1.165, 1.54) is 12.1 Å². The number of benzene rings is 1. The Kier molecular flexibility index (Phi) is 5.10. The highest BCUT2D eigenvalue weighted by Gasteiger charge is 2.33. The Morgan fingerprint density at radius 2 is 1.95 bits per heavy atom. The van der Waals surface area contributed by atoms with Gasteiger partial charge in [0.25, 0.3) is 0 Å². The summed E-state index contributed by atoms with van der Waals surface area (Å²) in [5, 5.41) is 2.79. The molecule has 0 unspecified atom stereocenters. The number of halogens is 4. The zero-order chi connectivity index (χ0) is 15.5. The van der Waals surface area contributed by atoms with Crippen LogP contribution in [0.1, 0.15) is 31.2 Å². The molecule has 1 aliphatic rings. The standard InChI is InChI=1S/C13H16BrF3N4/c14-11-6-5-9(7-10(11)13(15,16)17)20-12(21-18)19-8-3-1-2-4-8/h5-8H,1-4,18H2,(H2,19,20,21). The second kappa shape index (κ2) is 6.65. The smallest absolute Gasteiger partial charge is 0.325 e. The first-order valence-corrected chi connectivity index (χ1v) is 7.37. The van der Waals surface area contributed by atoms with Crippen molar-refractivity contribution >= 4 is 27.6 Å². The zero-order valence-corrected chi connectivity index (χ0v) is 12.8. The van der Waals surface area contributed by atoms with E-state index in [0.717, 1.165) is 31.7 Å². The van der Waals surface area contributed by atoms with Crippen molar-refractivity contribution in [2.24, 2.45) is 10.8 Å². The van der Waals surface area contributed by atoms with Gasteiger partial charge in [-0.15, -0.1) is 0 Å². The zero-order valence-electron chi connectivity index (χ0n) is 11.2. The Balaban J connectivity index is 2.18. The molecule has 4 N–H and O–H groups in total. The predicted molar refractivity (Wildman–Crippen MR) is 79.8 cm³/mol. The lowest BCUT2D eigenvalue weighted by Crippen LogP contribution is -2.37. The molecule has 116 valence electrons. The summed E-state index contributed by atoms with van der Waals surface area (Å²) >= 11 is 2.90. The molecule has 1 saturated carbocycles. The third-order valence-electron chi connectivity index (χ3n) is 3.31. The summed E-state index contributed by atoms with van der Waals surface area (Å²) in [6.45, 7) is 0. The van der Waals surface area contributed by atoms with E-state index in [-0.39, 0.29) is 22.2 Å². The molecule has 1 fully saturated rings. The summed E-state index contributed by atoms with van der Waals surface area (Å²) in [6.07, 6.45) is -0.248. The lowest BCUT2D eigenvalue weighted by atomic mass is 10.2. The molecule has 1 aliphatic carbocycles. The van der Waals surface area contributed by atoms with Crippen molar-refractivity contribution in [3.63, 3.8) is 0 Å². The summed E-state index contributed by atoms with van der Waals surface area (Å²) in [5.41, 5.74) is 1.93. The maximum atomic E-state index is 12.8. The van der Waals surface area contributed by atoms with Gasteiger partial charge >= 0.3 is 6.18 Å². The van der Waals surface area contributed by atoms with Crippen molar-refractivity contribution in [2.45, 2.75) is 37.9 Å². The molecule has 0 spiro atoms. The first-order chi connectivity index (χ1) is 9.90. The van der Waals surface area contributed by atoms with Crippen LogP contribution in [0.4, 0.5) is 18.9 Å². The van der Waals surface area contributed by atoms with Crippen molar-refractivity contribution < 1.29 is 13.2 Å². The minimum absolute atomic E-state index is 0.00413. The maximum Gasteiger partial charge on any atom is 0.417 e. The van der Waals surface area contributed by atoms with E-state index in [0.29, 0.717) is 0 Å². The lowest BCUT2D eigenvalue weighted by Gasteiger charge is -2.14. The van der Waals surface area contributed by atoms with Crippen LogP contribution in [0, 0.1) is 0 Å². The molecule has 0 amide bonds. The molecule has 0 atom stereocenters. The van der Waals surface area contributed by atoms with Crippen molar-refractivity contribution in [3.05, 3.63) is 28.2 Å². The number of aliphatic imine (C=N–C) groups is 1. The molecule has 0 radical (unpaired) electrons. The van der Waals surface area contributed by atoms with E-state index in [4.69, 9.17) is 5.84 Å². The maximum absolute atomic E-state index is 12.8. The fourth-order valence-electron chi connectivity index (χ4n) is 2.28. The van der Waals surface area contributed by atoms with E-state index >= 15 is 0 Å². The number of rotatable bonds is 2. The van der Waals surface area contributed by atoms with Gasteiger partial charge in [0.1, 0.15) is 0 Å². The molecular weight excluding hydrogens is 349 g/mol. The molecule has 0 bridgehead atoms. The molecule has 0 aromatic heterocycles. The predicted octanol–water partition coefficient (Wildman–Crippen LogP) is 3.64. The molecule has 21 heavy (non-hydrogen) atoms. The molecule has 4 nitrogen and oxygen atoms in total. The second-order valence-electron chi connectivity index (χ2n) is 4.88. The topological polar surface area (TPSA) is 62.4 Å². The Morgan fingerprint density at radius 3 is 2.52 bits per heavy atom. The summed E-state index contributed by atoms with van der Waals surface area (Å²) in [6, 6.07) is 4.06. The Bertz CT molecular complexity index is 525. The van der Waals surface area contributed by atoms with Crippen LogP contribution in [0.5, 0.6) is 0 Å². The average molecular weight is 365 g/mol. The van der Waals surface area contributed by atoms with Crippen LogP contribution in [0.2, 0.25) is 0 Å². The lowest BCUT2D eigenvalue weighted by molar-refractivity contribution is -0.138. The first-order valence-electron chi connectivity index (χ1n) is 6.58. The van der Waals surface area contributed by atoms with Crippen LogP contribution in [0.3, 0.4) is 0 Å². The number of anilines is 1. The van der Waals surface area contributed by atoms with E-state index in [9.17, 15) is 13.2 Å². The summed E-state index contributed by atoms with van der Waals surface area (Å²) < 4.78 is 38.5. The van der Waals surface area contributed by atoms with Gasteiger partial charge in [-0.25, -0.2) is 10.8 Å². The highest BCUT2D eigenvalue weighted by molar-refractivity contribution is 9.10. The van der Waals surface area contributed by atoms with Gasteiger partial charge in [0.15, 0.2) is 0 Å². The van der Waals surface area contributed by atoms with Crippen molar-refractivity contribution in [2.75, 3.05) is 5.32 Å². The molecule has 8 heteroatoms. The second-order valence-corrected chi connectivity index (χ2v) is 5.73. The number of alkyl halides is 3. The largest absolute Gasteiger partial charge is 0.417 e. The van der Waals surface area contributed by atoms with Crippen LogP contribution in [-0.4, -0.2) is 12.0 Å². The van der Waals surface area contributed by atoms with Gasteiger partial charge in [-0.05, 0) is 31.0 Å². The number of guanidine groups is 1. The van der Waals surface area contributed by atoms with Crippen LogP contribution >= 0.6 is 15.9 Å². The number of hydrazine groups is 1. The molecule has 0 saturated heterocycles. The van der Waals surface area contributed by atoms with E-state index in [2.05, 4.69) is 31.7 Å². The fourth-order valence-corrected chi connectivity index (χ4v) is 2.75. The average Bonchev–Trinajstić information content (AvgIpc) is 2.91. The third-order valence-corrected chi connectivity index (χ3v) is 4.00. The van der Waals surface area contributed by atoms with E-state index < -0.39 is 11.7 Å². The third kappa shape index (κ3) is 4.34. The van der Waals surface area contributed by atoms with Gasteiger partial charge in [0.2, 0.25) is 5.96 Å². The van der Waals surface area contributed by atoms with Gasteiger partial charge in [0, 0.05) is 10.2 Å². The van der Waals surface area contributed by atoms with Crippen molar-refractivity contribution in [1.29, 1.82) is 0 Å². The molecule has 2 rings (SSSR count). The van der Waals surface area contributed by atoms with Crippen LogP contribution in [0.25, 0.3) is 0 Å². The van der Waals surface area contributed by atoms with Crippen LogP contribution in [-0.2, 0) is 6.18 Å². The SMILES string of the molecule is NNC(=NC1CCCC1)Nc1ccc(Br)c(C(F)(F)F)c1. The van der Waals surface area contributed by atoms with Gasteiger partial charge < -0.3 is 5.32 Å². The Labute approximate surface area is 129 Å². The molecule has 1 aromatic rings. The fraction of sp³-hybridized carbons (Fsp3) is 0.462. The minimum atomic E-state index is -4.42. The van der Waals surface area contributed by atoms with Gasteiger partial charge in [0.05, 0.1) is 11.6 Å². The first kappa shape index (κ1) is 16.1. The molecule has 1 aromatic carbocycles. The van der Waals surface area contributed by atoms with Gasteiger partial charge in [-0.3, -0.25) is 5.43 Å². The highest BCUT2D eigenvalue weighted by Crippen LogP contribution is 2.36. The Morgan fingerprint density at radius 1 is 1.29 bits per heavy atom. The summed E-state index contributed by atoms with van der Waals surface area (Å²) in [5.74, 6) is 5.65. The summed E-state index contributed by atoms with van der Waals surface area (Å²) in [4.78, 5) is 4.38. The van der Waals surface area contributed by atoms with Gasteiger partial charge in [-0.2, -0.15) is 13.2 Å². The van der Waals surface area contributed by atoms with Crippen LogP contribution in [0.15, 0.2) is 27.7 Å². The summed E-state index contributed by atoms with van der Waals surface area (Å²) in [7, 11) is 0. The quantitative estimate of drug-likeness (QED) is 0.325. The number of hydrogen-bond acceptors (Lipinski definition) is 2. The number of nitrogens with one attached hydrogen (secondary N) is 2. The van der Waals surface area contributed by atoms with Gasteiger partial charge in [-0.1, -0.05) is 28.8 Å². The monoisotopic (exact) mass is 364 g/mol. The minimum Gasteiger partial charge on any atom is -0.325 e. The van der Waals surface area contributed by atoms with Crippen molar-refractivity contribution in [3.8, 4) is 0 Å².